The number of carbonyl (C=O) groups excluding carboxylic acids is 2. The van der Waals surface area contributed by atoms with Gasteiger partial charge in [0.1, 0.15) is 0 Å². The van der Waals surface area contributed by atoms with Crippen LogP contribution >= 0.6 is 0 Å². The molecule has 0 heterocycles. The van der Waals surface area contributed by atoms with Crippen molar-refractivity contribution in [1.82, 2.24) is 0 Å². The van der Waals surface area contributed by atoms with E-state index in [2.05, 4.69) is 4.74 Å². The van der Waals surface area contributed by atoms with E-state index in [9.17, 15) is 0 Å². The van der Waals surface area contributed by atoms with Crippen molar-refractivity contribution >= 4 is 61.4 Å². The molecule has 7 heavy (non-hydrogen) atoms. The summed E-state index contributed by atoms with van der Waals surface area (Å²) in [5.41, 5.74) is 0. The topological polar surface area (TPSA) is 43.4 Å². The zero-order chi connectivity index (χ0) is 4.12. The van der Waals surface area contributed by atoms with E-state index in [1.165, 1.54) is 0 Å². The molecule has 0 bridgehead atoms. The minimum atomic E-state index is 0. The first-order chi connectivity index (χ1) is 2.41. The molecule has 0 N–H and O–H groups in total. The Hall–Kier alpha value is 0.737. The van der Waals surface area contributed by atoms with Gasteiger partial charge in [-0.25, -0.2) is 0 Å². The van der Waals surface area contributed by atoms with Crippen molar-refractivity contribution in [1.29, 1.82) is 0 Å². The normalized spacial score (nSPS) is 4.00. The second-order valence-electron chi connectivity index (χ2n) is 0.329. The first-order valence-electron chi connectivity index (χ1n) is 0.943. The van der Waals surface area contributed by atoms with Gasteiger partial charge in [-0.3, -0.25) is 9.59 Å². The van der Waals surface area contributed by atoms with Crippen LogP contribution in [0.4, 0.5) is 0 Å². The van der Waals surface area contributed by atoms with E-state index in [0.717, 1.165) is 0 Å². The van der Waals surface area contributed by atoms with Crippen molar-refractivity contribution in [2.75, 3.05) is 0 Å². The molecule has 0 rings (SSSR count). The van der Waals surface area contributed by atoms with Crippen LogP contribution in [0, 0.1) is 0 Å². The van der Waals surface area contributed by atoms with Crippen LogP contribution in [0.15, 0.2) is 0 Å². The summed E-state index contributed by atoms with van der Waals surface area (Å²) in [7, 11) is 0. The molecule has 0 radical (unpaired) electrons. The third-order valence-corrected chi connectivity index (χ3v) is 0.111. The molecule has 0 saturated carbocycles. The Bertz CT molecular complexity index is 42.2. The standard InChI is InChI=1S/C2H2O3.Li.Na.2H/c3-1-5-2-4;;;;/h1-2H;;;;. The molecule has 0 aliphatic heterocycles. The summed E-state index contributed by atoms with van der Waals surface area (Å²) in [6, 6.07) is 0. The van der Waals surface area contributed by atoms with Crippen LogP contribution in [-0.4, -0.2) is 61.4 Å². The summed E-state index contributed by atoms with van der Waals surface area (Å²) in [4.78, 5) is 17.9. The van der Waals surface area contributed by atoms with E-state index in [0.29, 0.717) is 0 Å². The molecule has 32 valence electrons. The van der Waals surface area contributed by atoms with Crippen molar-refractivity contribution < 1.29 is 14.3 Å². The number of rotatable bonds is 2. The van der Waals surface area contributed by atoms with Crippen molar-refractivity contribution in [3.63, 3.8) is 0 Å². The Labute approximate surface area is 75.3 Å². The predicted octanol–water partition coefficient (Wildman–Crippen LogP) is -1.98. The molecule has 5 heteroatoms. The molecule has 0 aromatic carbocycles. The molecule has 0 aromatic rings. The molecule has 0 amide bonds. The molecular formula is C2H4LiNaO3. The number of carbonyl (C=O) groups is 2. The second kappa shape index (κ2) is 15.9. The zero-order valence-corrected chi connectivity index (χ0v) is 2.38. The van der Waals surface area contributed by atoms with Crippen molar-refractivity contribution in [3.05, 3.63) is 0 Å². The molecule has 0 aliphatic carbocycles. The Balaban J connectivity index is -0.0000000800. The Morgan fingerprint density at radius 3 is 1.43 bits per heavy atom. The average Bonchev–Trinajstić information content (AvgIpc) is 1.41. The maximum absolute atomic E-state index is 8.95. The van der Waals surface area contributed by atoms with Crippen LogP contribution in [0.3, 0.4) is 0 Å². The molecule has 0 spiro atoms. The minimum absolute atomic E-state index is 0. The molecule has 0 atom stereocenters. The molecule has 3 nitrogen and oxygen atoms in total. The predicted molar refractivity (Wildman–Crippen MR) is 27.5 cm³/mol. The van der Waals surface area contributed by atoms with E-state index >= 15 is 0 Å². The summed E-state index contributed by atoms with van der Waals surface area (Å²) in [6.45, 7) is 0.125. The van der Waals surface area contributed by atoms with Crippen LogP contribution in [0.5, 0.6) is 0 Å². The summed E-state index contributed by atoms with van der Waals surface area (Å²) in [5.74, 6) is 0. The van der Waals surface area contributed by atoms with E-state index in [1.54, 1.807) is 0 Å². The Morgan fingerprint density at radius 1 is 1.14 bits per heavy atom. The zero-order valence-electron chi connectivity index (χ0n) is 2.38. The van der Waals surface area contributed by atoms with Crippen LogP contribution in [0.1, 0.15) is 0 Å². The van der Waals surface area contributed by atoms with Gasteiger partial charge in [-0.05, 0) is 0 Å². The van der Waals surface area contributed by atoms with Gasteiger partial charge in [0.2, 0.25) is 0 Å². The van der Waals surface area contributed by atoms with E-state index in [4.69, 9.17) is 9.59 Å². The van der Waals surface area contributed by atoms with Crippen molar-refractivity contribution in [3.8, 4) is 0 Å². The van der Waals surface area contributed by atoms with Gasteiger partial charge in [-0.1, -0.05) is 0 Å². The molecule has 0 fully saturated rings. The number of hydrogen-bond acceptors (Lipinski definition) is 3. The van der Waals surface area contributed by atoms with Gasteiger partial charge < -0.3 is 4.74 Å². The molecule has 0 aromatic heterocycles. The Kier molecular flexibility index (Phi) is 35.5. The summed E-state index contributed by atoms with van der Waals surface area (Å²) in [5, 5.41) is 0. The van der Waals surface area contributed by atoms with Crippen LogP contribution in [-0.2, 0) is 14.3 Å². The fourth-order valence-corrected chi connectivity index (χ4v) is 0.0227. The van der Waals surface area contributed by atoms with E-state index in [1.807, 2.05) is 0 Å². The van der Waals surface area contributed by atoms with Gasteiger partial charge >= 0.3 is 61.4 Å². The maximum atomic E-state index is 8.95. The monoisotopic (exact) mass is 106 g/mol. The molecule has 0 aliphatic rings. The quantitative estimate of drug-likeness (QED) is 0.233. The van der Waals surface area contributed by atoms with Crippen molar-refractivity contribution in [2.45, 2.75) is 0 Å². The van der Waals surface area contributed by atoms with Gasteiger partial charge in [-0.15, -0.1) is 0 Å². The first kappa shape index (κ1) is 15.6. The van der Waals surface area contributed by atoms with E-state index in [-0.39, 0.29) is 61.4 Å². The first-order valence-corrected chi connectivity index (χ1v) is 0.943. The Morgan fingerprint density at radius 2 is 1.43 bits per heavy atom. The number of hydrogen-bond donors (Lipinski definition) is 0. The molecule has 0 saturated heterocycles. The van der Waals surface area contributed by atoms with Gasteiger partial charge in [-0.2, -0.15) is 0 Å². The van der Waals surface area contributed by atoms with Crippen LogP contribution < -0.4 is 0 Å². The number of ether oxygens (including phenoxy) is 1. The summed E-state index contributed by atoms with van der Waals surface area (Å²) in [6.07, 6.45) is 0. The van der Waals surface area contributed by atoms with Crippen molar-refractivity contribution in [2.24, 2.45) is 0 Å². The molecular weight excluding hydrogens is 102 g/mol. The van der Waals surface area contributed by atoms with E-state index < -0.39 is 0 Å². The van der Waals surface area contributed by atoms with Crippen LogP contribution in [0.25, 0.3) is 0 Å². The summed E-state index contributed by atoms with van der Waals surface area (Å²) >= 11 is 0. The third kappa shape index (κ3) is 20.2. The second-order valence-corrected chi connectivity index (χ2v) is 0.329. The fraction of sp³-hybridized carbons (Fsp3) is 0. The van der Waals surface area contributed by atoms with Gasteiger partial charge in [0.05, 0.1) is 0 Å². The SMILES string of the molecule is O=COC=O.[LiH].[NaH]. The fourth-order valence-electron chi connectivity index (χ4n) is 0.0227. The average molecular weight is 106 g/mol. The third-order valence-electron chi connectivity index (χ3n) is 0.111. The summed E-state index contributed by atoms with van der Waals surface area (Å²) < 4.78 is 3.47. The van der Waals surface area contributed by atoms with Gasteiger partial charge in [0, 0.05) is 0 Å². The molecule has 0 unspecified atom stereocenters. The van der Waals surface area contributed by atoms with Crippen LogP contribution in [0.2, 0.25) is 0 Å². The van der Waals surface area contributed by atoms with Gasteiger partial charge in [0.25, 0.3) is 0 Å². The van der Waals surface area contributed by atoms with Gasteiger partial charge in [0.15, 0.2) is 0 Å².